The highest BCUT2D eigenvalue weighted by molar-refractivity contribution is 5.87. The van der Waals surface area contributed by atoms with Gasteiger partial charge in [-0.3, -0.25) is 0 Å². The Morgan fingerprint density at radius 3 is 2.75 bits per heavy atom. The third-order valence-corrected chi connectivity index (χ3v) is 3.61. The summed E-state index contributed by atoms with van der Waals surface area (Å²) in [6.07, 6.45) is 3.33. The molecular weight excluding hydrogens is 268 g/mol. The maximum Gasteiger partial charge on any atom is 0.376 e. The zero-order valence-corrected chi connectivity index (χ0v) is 11.5. The molecule has 1 saturated carbocycles. The third kappa shape index (κ3) is 3.55. The number of hydrogen-bond donors (Lipinski definition) is 0. The molecule has 6 heteroatoms. The summed E-state index contributed by atoms with van der Waals surface area (Å²) < 4.78 is 35.6. The zero-order chi connectivity index (χ0) is 14.5. The van der Waals surface area contributed by atoms with Gasteiger partial charge in [0, 0.05) is 6.42 Å². The highest BCUT2D eigenvalue weighted by atomic mass is 19.3. The monoisotopic (exact) mass is 287 g/mol. The van der Waals surface area contributed by atoms with Crippen molar-refractivity contribution in [2.75, 3.05) is 6.61 Å². The van der Waals surface area contributed by atoms with Crippen LogP contribution in [0.1, 0.15) is 67.6 Å². The molecule has 0 aliphatic heterocycles. The molecule has 112 valence electrons. The van der Waals surface area contributed by atoms with E-state index in [0.29, 0.717) is 12.3 Å². The number of rotatable bonds is 6. The fraction of sp³-hybridized carbons (Fsp3) is 0.714. The minimum absolute atomic E-state index is 0.111. The van der Waals surface area contributed by atoms with Crippen LogP contribution in [0.15, 0.2) is 4.42 Å². The predicted octanol–water partition coefficient (Wildman–Crippen LogP) is 3.91. The van der Waals surface area contributed by atoms with E-state index in [-0.39, 0.29) is 12.5 Å². The van der Waals surface area contributed by atoms with E-state index < -0.39 is 23.8 Å². The Bertz CT molecular complexity index is 453. The molecule has 1 heterocycles. The average Bonchev–Trinajstić information content (AvgIpc) is 3.06. The first-order chi connectivity index (χ1) is 9.61. The van der Waals surface area contributed by atoms with Crippen LogP contribution in [0, 0.1) is 5.92 Å². The van der Waals surface area contributed by atoms with Crippen molar-refractivity contribution < 1.29 is 22.7 Å². The Balaban J connectivity index is 2.05. The number of esters is 1. The number of aryl methyl sites for hydroxylation is 1. The van der Waals surface area contributed by atoms with Crippen LogP contribution in [0.25, 0.3) is 0 Å². The van der Waals surface area contributed by atoms with Gasteiger partial charge in [-0.15, -0.1) is 0 Å². The van der Waals surface area contributed by atoms with Gasteiger partial charge < -0.3 is 9.15 Å². The second kappa shape index (κ2) is 6.81. The normalized spacial score (nSPS) is 16.0. The lowest BCUT2D eigenvalue weighted by atomic mass is 10.0. The summed E-state index contributed by atoms with van der Waals surface area (Å²) in [6, 6.07) is 0. The number of halogens is 2. The SMILES string of the molecule is CCOC(=O)c1oc(CCC2CCCC2)nc1C(F)F. The molecule has 4 nitrogen and oxygen atoms in total. The van der Waals surface area contributed by atoms with Crippen molar-refractivity contribution in [3.8, 4) is 0 Å². The summed E-state index contributed by atoms with van der Waals surface area (Å²) in [7, 11) is 0. The first-order valence-corrected chi connectivity index (χ1v) is 7.06. The van der Waals surface area contributed by atoms with Gasteiger partial charge in [0.2, 0.25) is 5.76 Å². The molecule has 20 heavy (non-hydrogen) atoms. The molecule has 1 aromatic rings. The van der Waals surface area contributed by atoms with Gasteiger partial charge in [0.05, 0.1) is 6.61 Å². The van der Waals surface area contributed by atoms with E-state index in [1.165, 1.54) is 25.7 Å². The Kier molecular flexibility index (Phi) is 5.09. The summed E-state index contributed by atoms with van der Waals surface area (Å²) >= 11 is 0. The van der Waals surface area contributed by atoms with E-state index in [1.54, 1.807) is 6.92 Å². The topological polar surface area (TPSA) is 52.3 Å². The van der Waals surface area contributed by atoms with Gasteiger partial charge in [0.25, 0.3) is 6.43 Å². The largest absolute Gasteiger partial charge is 0.460 e. The highest BCUT2D eigenvalue weighted by Crippen LogP contribution is 2.30. The summed E-state index contributed by atoms with van der Waals surface area (Å²) in [5, 5.41) is 0. The van der Waals surface area contributed by atoms with E-state index >= 15 is 0 Å². The van der Waals surface area contributed by atoms with E-state index in [9.17, 15) is 13.6 Å². The van der Waals surface area contributed by atoms with Crippen molar-refractivity contribution in [3.63, 3.8) is 0 Å². The third-order valence-electron chi connectivity index (χ3n) is 3.61. The maximum atomic E-state index is 12.9. The van der Waals surface area contributed by atoms with Crippen molar-refractivity contribution in [3.05, 3.63) is 17.3 Å². The number of alkyl halides is 2. The van der Waals surface area contributed by atoms with Crippen LogP contribution < -0.4 is 0 Å². The van der Waals surface area contributed by atoms with Gasteiger partial charge in [-0.05, 0) is 19.3 Å². The first-order valence-electron chi connectivity index (χ1n) is 7.06. The molecule has 0 amide bonds. The minimum atomic E-state index is -2.83. The molecule has 0 saturated heterocycles. The number of nitrogens with zero attached hydrogens (tertiary/aromatic N) is 1. The van der Waals surface area contributed by atoms with Crippen molar-refractivity contribution in [1.82, 2.24) is 4.98 Å². The molecule has 1 aliphatic rings. The summed E-state index contributed by atoms with van der Waals surface area (Å²) in [5.74, 6) is -0.510. The van der Waals surface area contributed by atoms with E-state index in [0.717, 1.165) is 6.42 Å². The Hall–Kier alpha value is -1.46. The van der Waals surface area contributed by atoms with E-state index in [4.69, 9.17) is 9.15 Å². The van der Waals surface area contributed by atoms with Crippen molar-refractivity contribution in [2.45, 2.75) is 51.9 Å². The molecular formula is C14H19F2NO3. The molecule has 0 unspecified atom stereocenters. The van der Waals surface area contributed by atoms with Gasteiger partial charge in [0.1, 0.15) is 0 Å². The Morgan fingerprint density at radius 1 is 1.45 bits per heavy atom. The van der Waals surface area contributed by atoms with Crippen LogP contribution in [0.5, 0.6) is 0 Å². The van der Waals surface area contributed by atoms with Crippen LogP contribution in [0.3, 0.4) is 0 Å². The number of carbonyl (C=O) groups is 1. The predicted molar refractivity (Wildman–Crippen MR) is 67.7 cm³/mol. The summed E-state index contributed by atoms with van der Waals surface area (Å²) in [6.45, 7) is 1.72. The van der Waals surface area contributed by atoms with Crippen LogP contribution in [0.2, 0.25) is 0 Å². The molecule has 0 atom stereocenters. The smallest absolute Gasteiger partial charge is 0.376 e. The second-order valence-electron chi connectivity index (χ2n) is 5.03. The highest BCUT2D eigenvalue weighted by Gasteiger charge is 2.27. The number of ether oxygens (including phenoxy) is 1. The maximum absolute atomic E-state index is 12.9. The molecule has 0 N–H and O–H groups in total. The number of carbonyl (C=O) groups excluding carboxylic acids is 1. The van der Waals surface area contributed by atoms with E-state index in [2.05, 4.69) is 4.98 Å². The van der Waals surface area contributed by atoms with Gasteiger partial charge in [-0.25, -0.2) is 18.6 Å². The van der Waals surface area contributed by atoms with Crippen LogP contribution in [0.4, 0.5) is 8.78 Å². The molecule has 0 bridgehead atoms. The van der Waals surface area contributed by atoms with E-state index in [1.807, 2.05) is 0 Å². The first kappa shape index (κ1) is 14.9. The van der Waals surface area contributed by atoms with Crippen molar-refractivity contribution in [2.24, 2.45) is 5.92 Å². The summed E-state index contributed by atoms with van der Waals surface area (Å²) in [4.78, 5) is 15.3. The molecule has 0 aromatic carbocycles. The van der Waals surface area contributed by atoms with Crippen molar-refractivity contribution >= 4 is 5.97 Å². The minimum Gasteiger partial charge on any atom is -0.460 e. The van der Waals surface area contributed by atoms with Gasteiger partial charge in [-0.2, -0.15) is 0 Å². The molecule has 1 fully saturated rings. The molecule has 0 radical (unpaired) electrons. The van der Waals surface area contributed by atoms with Crippen molar-refractivity contribution in [1.29, 1.82) is 0 Å². The molecule has 0 spiro atoms. The molecule has 1 aliphatic carbocycles. The van der Waals surface area contributed by atoms with Crippen LogP contribution in [-0.4, -0.2) is 17.6 Å². The second-order valence-corrected chi connectivity index (χ2v) is 5.03. The van der Waals surface area contributed by atoms with Gasteiger partial charge in [0.15, 0.2) is 11.6 Å². The average molecular weight is 287 g/mol. The lowest BCUT2D eigenvalue weighted by Gasteiger charge is -2.05. The quantitative estimate of drug-likeness (QED) is 0.744. The summed E-state index contributed by atoms with van der Waals surface area (Å²) in [5.41, 5.74) is -0.607. The molecule has 2 rings (SSSR count). The Labute approximate surface area is 116 Å². The zero-order valence-electron chi connectivity index (χ0n) is 11.5. The number of aromatic nitrogens is 1. The number of hydrogen-bond acceptors (Lipinski definition) is 4. The van der Waals surface area contributed by atoms with Crippen LogP contribution in [-0.2, 0) is 11.2 Å². The lowest BCUT2D eigenvalue weighted by Crippen LogP contribution is -2.06. The van der Waals surface area contributed by atoms with Gasteiger partial charge >= 0.3 is 5.97 Å². The fourth-order valence-electron chi connectivity index (χ4n) is 2.60. The number of oxazole rings is 1. The van der Waals surface area contributed by atoms with Crippen LogP contribution >= 0.6 is 0 Å². The fourth-order valence-corrected chi connectivity index (χ4v) is 2.60. The Morgan fingerprint density at radius 2 is 2.15 bits per heavy atom. The van der Waals surface area contributed by atoms with Gasteiger partial charge in [-0.1, -0.05) is 25.7 Å². The lowest BCUT2D eigenvalue weighted by molar-refractivity contribution is 0.0473. The molecule has 1 aromatic heterocycles. The standard InChI is InChI=1S/C14H19F2NO3/c1-2-19-14(18)12-11(13(15)16)17-10(20-12)8-7-9-5-3-4-6-9/h9,13H,2-8H2,1H3.